The highest BCUT2D eigenvalue weighted by atomic mass is 32.1. The number of carbonyl (C=O) groups is 1. The van der Waals surface area contributed by atoms with Gasteiger partial charge in [-0.25, -0.2) is 4.79 Å². The highest BCUT2D eigenvalue weighted by Gasteiger charge is 2.32. The Labute approximate surface area is 145 Å². The number of urea groups is 1. The minimum absolute atomic E-state index is 0.0141. The number of nitrogens with zero attached hydrogens (tertiary/aromatic N) is 2. The van der Waals surface area contributed by atoms with Crippen molar-refractivity contribution in [2.75, 3.05) is 6.61 Å². The van der Waals surface area contributed by atoms with Gasteiger partial charge in [0.05, 0.1) is 18.3 Å². The molecule has 24 heavy (non-hydrogen) atoms. The van der Waals surface area contributed by atoms with E-state index in [9.17, 15) is 4.79 Å². The number of carbonyl (C=O) groups excluding carboxylic acids is 1. The fourth-order valence-corrected chi connectivity index (χ4v) is 4.65. The zero-order valence-electron chi connectivity index (χ0n) is 13.7. The minimum Gasteiger partial charge on any atom is -0.371 e. The standard InChI is InChI=1S/C17H22N4O2S/c1-21-10-11(9-18-21)16-14(5-7-23-16)20-17(22)19-13-3-2-4-15-12(13)6-8-24-15/h6,8-10,13-14,16H,2-5,7H2,1H3,(H2,19,20,22)/t13-,14-,16+/m0/s1. The number of hydrogen-bond acceptors (Lipinski definition) is 4. The summed E-state index contributed by atoms with van der Waals surface area (Å²) < 4.78 is 7.56. The Bertz CT molecular complexity index is 726. The monoisotopic (exact) mass is 346 g/mol. The van der Waals surface area contributed by atoms with Crippen LogP contribution < -0.4 is 10.6 Å². The summed E-state index contributed by atoms with van der Waals surface area (Å²) in [6.07, 6.45) is 7.72. The highest BCUT2D eigenvalue weighted by Crippen LogP contribution is 2.33. The lowest BCUT2D eigenvalue weighted by Gasteiger charge is -2.25. The number of amides is 2. The molecule has 2 aliphatic rings. The maximum Gasteiger partial charge on any atom is 0.315 e. The van der Waals surface area contributed by atoms with E-state index in [2.05, 4.69) is 27.2 Å². The lowest BCUT2D eigenvalue weighted by molar-refractivity contribution is 0.0997. The average molecular weight is 346 g/mol. The zero-order chi connectivity index (χ0) is 16.5. The van der Waals surface area contributed by atoms with Crippen LogP contribution in [0.2, 0.25) is 0 Å². The topological polar surface area (TPSA) is 68.2 Å². The molecule has 0 saturated carbocycles. The van der Waals surface area contributed by atoms with Crippen LogP contribution in [-0.4, -0.2) is 28.5 Å². The number of ether oxygens (including phenoxy) is 1. The quantitative estimate of drug-likeness (QED) is 0.898. The summed E-state index contributed by atoms with van der Waals surface area (Å²) in [6, 6.07) is 2.14. The Balaban J connectivity index is 1.39. The molecule has 0 radical (unpaired) electrons. The van der Waals surface area contributed by atoms with Crippen LogP contribution >= 0.6 is 11.3 Å². The summed E-state index contributed by atoms with van der Waals surface area (Å²) >= 11 is 1.79. The number of hydrogen-bond donors (Lipinski definition) is 2. The minimum atomic E-state index is -0.118. The molecule has 0 bridgehead atoms. The number of fused-ring (bicyclic) bond motifs is 1. The second-order valence-electron chi connectivity index (χ2n) is 6.50. The van der Waals surface area contributed by atoms with Gasteiger partial charge in [-0.2, -0.15) is 5.10 Å². The van der Waals surface area contributed by atoms with E-state index in [0.717, 1.165) is 31.2 Å². The maximum atomic E-state index is 12.5. The Morgan fingerprint density at radius 1 is 1.42 bits per heavy atom. The first-order chi connectivity index (χ1) is 11.7. The number of aryl methyl sites for hydroxylation is 2. The molecule has 1 fully saturated rings. The maximum absolute atomic E-state index is 12.5. The fourth-order valence-electron chi connectivity index (χ4n) is 3.66. The van der Waals surface area contributed by atoms with E-state index >= 15 is 0 Å². The predicted molar refractivity (Wildman–Crippen MR) is 92.0 cm³/mol. The molecule has 0 unspecified atom stereocenters. The molecule has 3 heterocycles. The molecule has 1 aliphatic carbocycles. The van der Waals surface area contributed by atoms with Crippen molar-refractivity contribution in [3.8, 4) is 0 Å². The summed E-state index contributed by atoms with van der Waals surface area (Å²) in [6.45, 7) is 0.655. The summed E-state index contributed by atoms with van der Waals surface area (Å²) in [5, 5.41) is 12.6. The lowest BCUT2D eigenvalue weighted by atomic mass is 9.94. The van der Waals surface area contributed by atoms with E-state index in [0.29, 0.717) is 6.61 Å². The van der Waals surface area contributed by atoms with E-state index < -0.39 is 0 Å². The summed E-state index contributed by atoms with van der Waals surface area (Å²) in [5.74, 6) is 0. The number of rotatable bonds is 3. The van der Waals surface area contributed by atoms with Gasteiger partial charge in [-0.05, 0) is 42.7 Å². The molecule has 7 heteroatoms. The van der Waals surface area contributed by atoms with Crippen LogP contribution in [0.1, 0.15) is 47.4 Å². The van der Waals surface area contributed by atoms with Crippen molar-refractivity contribution >= 4 is 17.4 Å². The molecule has 0 spiro atoms. The van der Waals surface area contributed by atoms with E-state index in [-0.39, 0.29) is 24.2 Å². The van der Waals surface area contributed by atoms with Gasteiger partial charge >= 0.3 is 6.03 Å². The number of nitrogens with one attached hydrogen (secondary N) is 2. The van der Waals surface area contributed by atoms with Crippen LogP contribution in [0, 0.1) is 0 Å². The van der Waals surface area contributed by atoms with Crippen LogP contribution in [0.4, 0.5) is 4.79 Å². The van der Waals surface area contributed by atoms with Gasteiger partial charge in [0, 0.05) is 30.3 Å². The van der Waals surface area contributed by atoms with Crippen LogP contribution in [0.15, 0.2) is 23.8 Å². The Kier molecular flexibility index (Phi) is 4.28. The molecule has 2 aromatic rings. The normalized spacial score (nSPS) is 26.1. The van der Waals surface area contributed by atoms with Gasteiger partial charge in [0.15, 0.2) is 0 Å². The van der Waals surface area contributed by atoms with Crippen LogP contribution in [0.25, 0.3) is 0 Å². The molecule has 1 aliphatic heterocycles. The molecule has 2 aromatic heterocycles. The third-order valence-electron chi connectivity index (χ3n) is 4.82. The third kappa shape index (κ3) is 3.06. The van der Waals surface area contributed by atoms with Crippen molar-refractivity contribution in [2.24, 2.45) is 7.05 Å². The van der Waals surface area contributed by atoms with Gasteiger partial charge in [-0.1, -0.05) is 0 Å². The van der Waals surface area contributed by atoms with Gasteiger partial charge in [0.25, 0.3) is 0 Å². The molecule has 0 aromatic carbocycles. The summed E-state index contributed by atoms with van der Waals surface area (Å²) in [4.78, 5) is 13.9. The van der Waals surface area contributed by atoms with Crippen molar-refractivity contribution in [2.45, 2.75) is 43.9 Å². The second-order valence-corrected chi connectivity index (χ2v) is 7.50. The van der Waals surface area contributed by atoms with Crippen molar-refractivity contribution in [3.63, 3.8) is 0 Å². The fraction of sp³-hybridized carbons (Fsp3) is 0.529. The van der Waals surface area contributed by atoms with Gasteiger partial charge in [0.1, 0.15) is 6.10 Å². The summed E-state index contributed by atoms with van der Waals surface area (Å²) in [7, 11) is 1.88. The molecule has 128 valence electrons. The Morgan fingerprint density at radius 2 is 2.33 bits per heavy atom. The molecule has 2 N–H and O–H groups in total. The van der Waals surface area contributed by atoms with Crippen molar-refractivity contribution in [1.82, 2.24) is 20.4 Å². The van der Waals surface area contributed by atoms with Gasteiger partial charge in [-0.15, -0.1) is 11.3 Å². The first kappa shape index (κ1) is 15.7. The van der Waals surface area contributed by atoms with E-state index in [1.165, 1.54) is 10.4 Å². The largest absolute Gasteiger partial charge is 0.371 e. The highest BCUT2D eigenvalue weighted by molar-refractivity contribution is 7.10. The third-order valence-corrected chi connectivity index (χ3v) is 5.82. The molecule has 6 nitrogen and oxygen atoms in total. The van der Waals surface area contributed by atoms with Crippen molar-refractivity contribution in [1.29, 1.82) is 0 Å². The van der Waals surface area contributed by atoms with Crippen LogP contribution in [0.5, 0.6) is 0 Å². The predicted octanol–water partition coefficient (Wildman–Crippen LogP) is 2.69. The van der Waals surface area contributed by atoms with Crippen LogP contribution in [-0.2, 0) is 18.2 Å². The van der Waals surface area contributed by atoms with Gasteiger partial charge < -0.3 is 15.4 Å². The van der Waals surface area contributed by atoms with Crippen LogP contribution in [0.3, 0.4) is 0 Å². The molecule has 1 saturated heterocycles. The lowest BCUT2D eigenvalue weighted by Crippen LogP contribution is -2.45. The number of aromatic nitrogens is 2. The van der Waals surface area contributed by atoms with E-state index in [1.54, 1.807) is 22.2 Å². The molecular weight excluding hydrogens is 324 g/mol. The molecule has 3 atom stereocenters. The smallest absolute Gasteiger partial charge is 0.315 e. The van der Waals surface area contributed by atoms with Gasteiger partial charge in [-0.3, -0.25) is 4.68 Å². The number of thiophene rings is 1. The van der Waals surface area contributed by atoms with E-state index in [4.69, 9.17) is 4.74 Å². The van der Waals surface area contributed by atoms with Crippen molar-refractivity contribution < 1.29 is 9.53 Å². The van der Waals surface area contributed by atoms with E-state index in [1.807, 2.05) is 13.2 Å². The second kappa shape index (κ2) is 6.57. The average Bonchev–Trinajstić information content (AvgIpc) is 3.27. The SMILES string of the molecule is Cn1cc([C@H]2OCC[C@@H]2NC(=O)N[C@H]2CCCc3sccc32)cn1. The van der Waals surface area contributed by atoms with Crippen molar-refractivity contribution in [3.05, 3.63) is 39.8 Å². The first-order valence-electron chi connectivity index (χ1n) is 8.44. The molecular formula is C17H22N4O2S. The molecule has 4 rings (SSSR count). The van der Waals surface area contributed by atoms with Gasteiger partial charge in [0.2, 0.25) is 0 Å². The Hall–Kier alpha value is -1.86. The first-order valence-corrected chi connectivity index (χ1v) is 9.32. The summed E-state index contributed by atoms with van der Waals surface area (Å²) in [5.41, 5.74) is 2.30. The molecule has 2 amide bonds. The zero-order valence-corrected chi connectivity index (χ0v) is 14.5. The Morgan fingerprint density at radius 3 is 3.17 bits per heavy atom.